The lowest BCUT2D eigenvalue weighted by Gasteiger charge is -2.09. The van der Waals surface area contributed by atoms with Gasteiger partial charge in [0, 0.05) is 23.7 Å². The number of rotatable bonds is 4. The van der Waals surface area contributed by atoms with E-state index < -0.39 is 0 Å². The summed E-state index contributed by atoms with van der Waals surface area (Å²) in [6.45, 7) is 8.62. The van der Waals surface area contributed by atoms with Crippen LogP contribution in [0, 0.1) is 13.8 Å². The Hall–Kier alpha value is -1.91. The summed E-state index contributed by atoms with van der Waals surface area (Å²) in [6.07, 6.45) is 0. The number of anilines is 1. The predicted octanol–water partition coefficient (Wildman–Crippen LogP) is 2.82. The summed E-state index contributed by atoms with van der Waals surface area (Å²) in [4.78, 5) is 8.88. The van der Waals surface area contributed by atoms with Crippen LogP contribution in [0.25, 0.3) is 0 Å². The molecule has 0 saturated carbocycles. The van der Waals surface area contributed by atoms with Crippen molar-refractivity contribution in [1.82, 2.24) is 15.1 Å². The molecule has 5 nitrogen and oxygen atoms in total. The minimum atomic E-state index is 0.319. The van der Waals surface area contributed by atoms with E-state index in [1.54, 1.807) is 0 Å². The summed E-state index contributed by atoms with van der Waals surface area (Å²) in [7, 11) is 0. The molecule has 2 aromatic heterocycles. The van der Waals surface area contributed by atoms with E-state index in [1.807, 2.05) is 26.0 Å². The molecule has 18 heavy (non-hydrogen) atoms. The van der Waals surface area contributed by atoms with Gasteiger partial charge in [-0.25, -0.2) is 9.97 Å². The third kappa shape index (κ3) is 3.06. The van der Waals surface area contributed by atoms with E-state index in [0.29, 0.717) is 12.5 Å². The van der Waals surface area contributed by atoms with Crippen LogP contribution >= 0.6 is 0 Å². The zero-order valence-electron chi connectivity index (χ0n) is 11.2. The number of nitrogens with zero attached hydrogens (tertiary/aromatic N) is 3. The molecule has 0 bridgehead atoms. The van der Waals surface area contributed by atoms with E-state index >= 15 is 0 Å². The summed E-state index contributed by atoms with van der Waals surface area (Å²) in [6, 6.07) is 3.84. The first kappa shape index (κ1) is 12.5. The first-order valence-electron chi connectivity index (χ1n) is 6.06. The fourth-order valence-corrected chi connectivity index (χ4v) is 1.62. The van der Waals surface area contributed by atoms with Crippen LogP contribution < -0.4 is 5.32 Å². The summed E-state index contributed by atoms with van der Waals surface area (Å²) in [5.74, 6) is 2.81. The van der Waals surface area contributed by atoms with Gasteiger partial charge in [-0.15, -0.1) is 0 Å². The topological polar surface area (TPSA) is 63.8 Å². The first-order chi connectivity index (χ1) is 8.54. The highest BCUT2D eigenvalue weighted by atomic mass is 16.5. The monoisotopic (exact) mass is 246 g/mol. The second-order valence-electron chi connectivity index (χ2n) is 4.69. The zero-order valence-corrected chi connectivity index (χ0v) is 11.2. The van der Waals surface area contributed by atoms with Crippen molar-refractivity contribution in [3.63, 3.8) is 0 Å². The maximum absolute atomic E-state index is 5.02. The van der Waals surface area contributed by atoms with E-state index in [-0.39, 0.29) is 0 Å². The highest BCUT2D eigenvalue weighted by Gasteiger charge is 2.06. The Morgan fingerprint density at radius 1 is 1.22 bits per heavy atom. The number of nitrogens with one attached hydrogen (secondary N) is 1. The fourth-order valence-electron chi connectivity index (χ4n) is 1.62. The van der Waals surface area contributed by atoms with Gasteiger partial charge in [-0.1, -0.05) is 19.0 Å². The van der Waals surface area contributed by atoms with E-state index in [1.165, 1.54) is 0 Å². The van der Waals surface area contributed by atoms with E-state index in [9.17, 15) is 0 Å². The molecule has 0 aliphatic rings. The molecule has 0 amide bonds. The van der Waals surface area contributed by atoms with Gasteiger partial charge in [-0.05, 0) is 13.8 Å². The van der Waals surface area contributed by atoms with Crippen molar-refractivity contribution in [2.75, 3.05) is 5.32 Å². The lowest BCUT2D eigenvalue weighted by molar-refractivity contribution is 0.391. The third-order valence-electron chi connectivity index (χ3n) is 2.52. The van der Waals surface area contributed by atoms with Crippen LogP contribution in [0.15, 0.2) is 16.7 Å². The Morgan fingerprint density at radius 3 is 2.61 bits per heavy atom. The summed E-state index contributed by atoms with van der Waals surface area (Å²) in [5, 5.41) is 7.17. The van der Waals surface area contributed by atoms with Gasteiger partial charge >= 0.3 is 0 Å². The third-order valence-corrected chi connectivity index (χ3v) is 2.52. The number of aryl methyl sites for hydroxylation is 2. The number of aromatic nitrogens is 3. The van der Waals surface area contributed by atoms with Crippen LogP contribution in [-0.2, 0) is 6.54 Å². The zero-order chi connectivity index (χ0) is 13.1. The smallest absolute Gasteiger partial charge is 0.133 e. The Morgan fingerprint density at radius 2 is 2.00 bits per heavy atom. The Kier molecular flexibility index (Phi) is 3.60. The average Bonchev–Trinajstić information content (AvgIpc) is 2.72. The van der Waals surface area contributed by atoms with Gasteiger partial charge in [0.25, 0.3) is 0 Å². The van der Waals surface area contributed by atoms with Crippen LogP contribution in [0.4, 0.5) is 5.82 Å². The van der Waals surface area contributed by atoms with Gasteiger partial charge in [0.15, 0.2) is 0 Å². The van der Waals surface area contributed by atoms with Crippen LogP contribution in [0.5, 0.6) is 0 Å². The highest BCUT2D eigenvalue weighted by molar-refractivity contribution is 5.36. The van der Waals surface area contributed by atoms with Crippen molar-refractivity contribution in [3.05, 3.63) is 35.1 Å². The van der Waals surface area contributed by atoms with Gasteiger partial charge in [0.05, 0.1) is 6.54 Å². The van der Waals surface area contributed by atoms with Crippen LogP contribution in [-0.4, -0.2) is 15.1 Å². The van der Waals surface area contributed by atoms with Gasteiger partial charge in [-0.3, -0.25) is 0 Å². The van der Waals surface area contributed by atoms with Crippen molar-refractivity contribution in [3.8, 4) is 0 Å². The van der Waals surface area contributed by atoms with Gasteiger partial charge in [-0.2, -0.15) is 0 Å². The van der Waals surface area contributed by atoms with Crippen LogP contribution in [0.1, 0.15) is 42.7 Å². The SMILES string of the molecule is Cc1cc(NCc2cc(C)on2)nc(C(C)C)n1. The molecular weight excluding hydrogens is 228 g/mol. The van der Waals surface area contributed by atoms with Crippen molar-refractivity contribution < 1.29 is 4.52 Å². The maximum Gasteiger partial charge on any atom is 0.133 e. The average molecular weight is 246 g/mol. The fraction of sp³-hybridized carbons (Fsp3) is 0.462. The molecule has 0 spiro atoms. The molecule has 2 heterocycles. The molecule has 0 saturated heterocycles. The number of hydrogen-bond donors (Lipinski definition) is 1. The molecule has 2 aromatic rings. The molecule has 5 heteroatoms. The molecule has 0 aromatic carbocycles. The maximum atomic E-state index is 5.02. The number of hydrogen-bond acceptors (Lipinski definition) is 5. The summed E-state index contributed by atoms with van der Waals surface area (Å²) >= 11 is 0. The van der Waals surface area contributed by atoms with Crippen molar-refractivity contribution in [2.45, 2.75) is 40.2 Å². The molecule has 2 rings (SSSR count). The Labute approximate surface area is 107 Å². The van der Waals surface area contributed by atoms with Crippen LogP contribution in [0.2, 0.25) is 0 Å². The van der Waals surface area contributed by atoms with Gasteiger partial charge < -0.3 is 9.84 Å². The van der Waals surface area contributed by atoms with E-state index in [2.05, 4.69) is 34.3 Å². The van der Waals surface area contributed by atoms with Crippen molar-refractivity contribution >= 4 is 5.82 Å². The molecule has 1 N–H and O–H groups in total. The summed E-state index contributed by atoms with van der Waals surface area (Å²) in [5.41, 5.74) is 1.84. The minimum Gasteiger partial charge on any atom is -0.364 e. The largest absolute Gasteiger partial charge is 0.364 e. The standard InChI is InChI=1S/C13H18N4O/c1-8(2)13-15-9(3)5-12(16-13)14-7-11-6-10(4)18-17-11/h5-6,8H,7H2,1-4H3,(H,14,15,16). The molecular formula is C13H18N4O. The lowest BCUT2D eigenvalue weighted by atomic mass is 10.2. The molecule has 0 aliphatic heterocycles. The van der Waals surface area contributed by atoms with Gasteiger partial charge in [0.1, 0.15) is 23.1 Å². The Bertz CT molecular complexity index is 534. The molecule has 0 unspecified atom stereocenters. The molecule has 0 aliphatic carbocycles. The van der Waals surface area contributed by atoms with E-state index in [4.69, 9.17) is 4.52 Å². The second-order valence-corrected chi connectivity index (χ2v) is 4.69. The Balaban J connectivity index is 2.09. The highest BCUT2D eigenvalue weighted by Crippen LogP contribution is 2.14. The molecule has 0 radical (unpaired) electrons. The van der Waals surface area contributed by atoms with Crippen molar-refractivity contribution in [1.29, 1.82) is 0 Å². The molecule has 0 atom stereocenters. The van der Waals surface area contributed by atoms with Crippen molar-refractivity contribution in [2.24, 2.45) is 0 Å². The quantitative estimate of drug-likeness (QED) is 0.898. The minimum absolute atomic E-state index is 0.319. The van der Waals surface area contributed by atoms with Crippen LogP contribution in [0.3, 0.4) is 0 Å². The normalized spacial score (nSPS) is 10.9. The molecule has 0 fully saturated rings. The van der Waals surface area contributed by atoms with Gasteiger partial charge in [0.2, 0.25) is 0 Å². The lowest BCUT2D eigenvalue weighted by Crippen LogP contribution is -2.06. The second kappa shape index (κ2) is 5.16. The predicted molar refractivity (Wildman–Crippen MR) is 69.4 cm³/mol. The summed E-state index contributed by atoms with van der Waals surface area (Å²) < 4.78 is 5.02. The first-order valence-corrected chi connectivity index (χ1v) is 6.06. The van der Waals surface area contributed by atoms with E-state index in [0.717, 1.165) is 28.8 Å². The molecule has 96 valence electrons.